The molecule has 3 aromatic heterocycles. The largest absolute Gasteiger partial charge is 0.490 e. The molecule has 0 radical (unpaired) electrons. The second-order valence-corrected chi connectivity index (χ2v) is 8.57. The summed E-state index contributed by atoms with van der Waals surface area (Å²) in [4.78, 5) is 13.2. The van der Waals surface area contributed by atoms with E-state index in [1.165, 1.54) is 0 Å². The van der Waals surface area contributed by atoms with Crippen LogP contribution in [0.3, 0.4) is 0 Å². The lowest BCUT2D eigenvalue weighted by atomic mass is 10.1. The lowest BCUT2D eigenvalue weighted by molar-refractivity contribution is 0.339. The van der Waals surface area contributed by atoms with E-state index in [4.69, 9.17) is 26.8 Å². The molecule has 0 aliphatic heterocycles. The van der Waals surface area contributed by atoms with Crippen LogP contribution in [0.1, 0.15) is 5.69 Å². The van der Waals surface area contributed by atoms with Crippen LogP contribution in [-0.2, 0) is 6.54 Å². The molecule has 0 fully saturated rings. The van der Waals surface area contributed by atoms with E-state index in [1.807, 2.05) is 41.1 Å². The smallest absolute Gasteiger partial charge is 0.258 e. The maximum absolute atomic E-state index is 6.47. The highest BCUT2D eigenvalue weighted by Crippen LogP contribution is 2.39. The van der Waals surface area contributed by atoms with Crippen LogP contribution in [0.2, 0.25) is 5.15 Å². The van der Waals surface area contributed by atoms with E-state index < -0.39 is 0 Å². The molecule has 10 heteroatoms. The number of ether oxygens (including phenoxy) is 2. The fourth-order valence-corrected chi connectivity index (χ4v) is 4.67. The Kier molecular flexibility index (Phi) is 6.03. The zero-order valence-electron chi connectivity index (χ0n) is 16.0. The van der Waals surface area contributed by atoms with Crippen molar-refractivity contribution in [2.45, 2.75) is 6.54 Å². The number of nitrogens with zero attached hydrogens (tertiary/aromatic N) is 4. The minimum atomic E-state index is 0.111. The molecule has 2 N–H and O–H groups in total. The Morgan fingerprint density at radius 2 is 1.87 bits per heavy atom. The first kappa shape index (κ1) is 21.1. The van der Waals surface area contributed by atoms with Gasteiger partial charge in [-0.1, -0.05) is 41.9 Å². The van der Waals surface area contributed by atoms with E-state index >= 15 is 0 Å². The van der Waals surface area contributed by atoms with E-state index in [1.54, 1.807) is 14.2 Å². The van der Waals surface area contributed by atoms with E-state index in [-0.39, 0.29) is 5.95 Å². The molecular formula is C20H16BrClIN5O2. The van der Waals surface area contributed by atoms with Crippen molar-refractivity contribution in [1.82, 2.24) is 19.5 Å². The van der Waals surface area contributed by atoms with Crippen LogP contribution in [0.15, 0.2) is 41.0 Å². The number of hydrogen-bond donors (Lipinski definition) is 1. The zero-order chi connectivity index (χ0) is 21.4. The third-order valence-electron chi connectivity index (χ3n) is 4.57. The van der Waals surface area contributed by atoms with Crippen LogP contribution in [-0.4, -0.2) is 33.7 Å². The molecule has 0 spiro atoms. The quantitative estimate of drug-likeness (QED) is 0.252. The molecule has 4 aromatic rings. The van der Waals surface area contributed by atoms with Crippen molar-refractivity contribution >= 4 is 67.1 Å². The maximum Gasteiger partial charge on any atom is 0.258 e. The average molecular weight is 601 g/mol. The highest BCUT2D eigenvalue weighted by molar-refractivity contribution is 14.1. The summed E-state index contributed by atoms with van der Waals surface area (Å²) in [6.07, 6.45) is 1.98. The summed E-state index contributed by atoms with van der Waals surface area (Å²) in [5.74, 6) is 1.10. The SMILES string of the molecule is COc1nc(Cn2cc(-c3ccccc3)c3c(Cl)nc(N)nc32)c(Br)c(I)c1OC. The third kappa shape index (κ3) is 3.69. The Morgan fingerprint density at radius 3 is 2.53 bits per heavy atom. The number of hydrogen-bond acceptors (Lipinski definition) is 6. The van der Waals surface area contributed by atoms with Crippen molar-refractivity contribution in [2.75, 3.05) is 20.0 Å². The number of nitrogen functional groups attached to an aromatic ring is 1. The minimum absolute atomic E-state index is 0.111. The van der Waals surface area contributed by atoms with Gasteiger partial charge in [-0.25, -0.2) is 9.97 Å². The zero-order valence-corrected chi connectivity index (χ0v) is 20.5. The van der Waals surface area contributed by atoms with Crippen LogP contribution in [0.4, 0.5) is 5.95 Å². The standard InChI is InChI=1S/C20H16BrClIN5O2/c1-29-16-15(23)14(21)12(25-19(16)30-2)9-28-8-11(10-6-4-3-5-7-10)13-17(22)26-20(24)27-18(13)28/h3-8H,9H2,1-2H3,(H2,24,26,27). The van der Waals surface area contributed by atoms with Crippen molar-refractivity contribution < 1.29 is 9.47 Å². The van der Waals surface area contributed by atoms with Crippen LogP contribution in [0, 0.1) is 3.57 Å². The second-order valence-electron chi connectivity index (χ2n) is 6.34. The van der Waals surface area contributed by atoms with Crippen LogP contribution >= 0.6 is 50.1 Å². The van der Waals surface area contributed by atoms with E-state index in [2.05, 4.69) is 53.5 Å². The molecule has 7 nitrogen and oxygen atoms in total. The van der Waals surface area contributed by atoms with Gasteiger partial charge in [0.1, 0.15) is 10.8 Å². The van der Waals surface area contributed by atoms with Gasteiger partial charge in [0, 0.05) is 11.8 Å². The maximum atomic E-state index is 6.47. The van der Waals surface area contributed by atoms with Crippen molar-refractivity contribution in [3.05, 3.63) is 55.4 Å². The minimum Gasteiger partial charge on any atom is -0.490 e. The number of nitrogens with two attached hydrogens (primary N) is 1. The number of pyridine rings is 1. The number of rotatable bonds is 5. The summed E-state index contributed by atoms with van der Waals surface area (Å²) in [6.45, 7) is 0.410. The molecule has 0 aliphatic rings. The van der Waals surface area contributed by atoms with E-state index in [0.717, 1.165) is 30.2 Å². The first-order chi connectivity index (χ1) is 14.4. The Labute approximate surface area is 199 Å². The summed E-state index contributed by atoms with van der Waals surface area (Å²) in [5.41, 5.74) is 9.19. The predicted octanol–water partition coefficient (Wildman–Crippen LogP) is 5.16. The van der Waals surface area contributed by atoms with Crippen LogP contribution in [0.5, 0.6) is 11.6 Å². The number of benzene rings is 1. The lowest BCUT2D eigenvalue weighted by Gasteiger charge is -2.14. The van der Waals surface area contributed by atoms with E-state index in [0.29, 0.717) is 29.0 Å². The van der Waals surface area contributed by atoms with Gasteiger partial charge < -0.3 is 19.8 Å². The molecule has 0 amide bonds. The first-order valence-electron chi connectivity index (χ1n) is 8.77. The summed E-state index contributed by atoms with van der Waals surface area (Å²) in [6, 6.07) is 9.93. The molecule has 4 rings (SSSR count). The molecule has 154 valence electrons. The van der Waals surface area contributed by atoms with Gasteiger partial charge >= 0.3 is 0 Å². The van der Waals surface area contributed by atoms with Gasteiger partial charge in [0.15, 0.2) is 5.75 Å². The van der Waals surface area contributed by atoms with Crippen LogP contribution < -0.4 is 15.2 Å². The molecule has 3 heterocycles. The highest BCUT2D eigenvalue weighted by atomic mass is 127. The molecule has 0 unspecified atom stereocenters. The Morgan fingerprint density at radius 1 is 1.13 bits per heavy atom. The average Bonchev–Trinajstić information content (AvgIpc) is 3.10. The molecule has 0 bridgehead atoms. The van der Waals surface area contributed by atoms with Gasteiger partial charge in [-0.15, -0.1) is 0 Å². The topological polar surface area (TPSA) is 88.1 Å². The third-order valence-corrected chi connectivity index (χ3v) is 7.47. The lowest BCUT2D eigenvalue weighted by Crippen LogP contribution is -2.07. The molecule has 0 atom stereocenters. The fraction of sp³-hybridized carbons (Fsp3) is 0.150. The Balaban J connectivity index is 1.92. The highest BCUT2D eigenvalue weighted by Gasteiger charge is 2.21. The molecule has 30 heavy (non-hydrogen) atoms. The molecule has 1 aromatic carbocycles. The van der Waals surface area contributed by atoms with Gasteiger partial charge in [-0.05, 0) is 44.1 Å². The normalized spacial score (nSPS) is 11.1. The summed E-state index contributed by atoms with van der Waals surface area (Å²) in [7, 11) is 3.14. The fourth-order valence-electron chi connectivity index (χ4n) is 3.24. The number of aromatic nitrogens is 4. The monoisotopic (exact) mass is 599 g/mol. The molecule has 0 aliphatic carbocycles. The van der Waals surface area contributed by atoms with Crippen molar-refractivity contribution in [1.29, 1.82) is 0 Å². The number of halogens is 3. The molecule has 0 saturated carbocycles. The predicted molar refractivity (Wildman–Crippen MR) is 129 cm³/mol. The van der Waals surface area contributed by atoms with Gasteiger partial charge in [0.25, 0.3) is 5.88 Å². The number of methoxy groups -OCH3 is 2. The Hall–Kier alpha value is -2.11. The molecule has 0 saturated heterocycles. The van der Waals surface area contributed by atoms with Crippen molar-refractivity contribution in [2.24, 2.45) is 0 Å². The van der Waals surface area contributed by atoms with Gasteiger partial charge in [0.2, 0.25) is 5.95 Å². The van der Waals surface area contributed by atoms with Crippen molar-refractivity contribution in [3.63, 3.8) is 0 Å². The summed E-state index contributed by atoms with van der Waals surface area (Å²) >= 11 is 12.3. The van der Waals surface area contributed by atoms with Crippen molar-refractivity contribution in [3.8, 4) is 22.8 Å². The summed E-state index contributed by atoms with van der Waals surface area (Å²) < 4.78 is 14.5. The first-order valence-corrected chi connectivity index (χ1v) is 11.0. The number of fused-ring (bicyclic) bond motifs is 1. The summed E-state index contributed by atoms with van der Waals surface area (Å²) in [5, 5.41) is 1.05. The Bertz CT molecular complexity index is 1250. The van der Waals surface area contributed by atoms with E-state index in [9.17, 15) is 0 Å². The number of anilines is 1. The van der Waals surface area contributed by atoms with Gasteiger partial charge in [-0.2, -0.15) is 4.98 Å². The second kappa shape index (κ2) is 8.56. The van der Waals surface area contributed by atoms with Crippen LogP contribution in [0.25, 0.3) is 22.2 Å². The van der Waals surface area contributed by atoms with Gasteiger partial charge in [-0.3, -0.25) is 0 Å². The van der Waals surface area contributed by atoms with Gasteiger partial charge in [0.05, 0.1) is 39.9 Å². The molecular weight excluding hydrogens is 585 g/mol.